The van der Waals surface area contributed by atoms with Gasteiger partial charge in [-0.1, -0.05) is 6.07 Å². The van der Waals surface area contributed by atoms with Gasteiger partial charge in [0.25, 0.3) is 5.91 Å². The van der Waals surface area contributed by atoms with E-state index in [1.165, 1.54) is 12.1 Å². The fourth-order valence-corrected chi connectivity index (χ4v) is 2.11. The van der Waals surface area contributed by atoms with Crippen molar-refractivity contribution in [2.45, 2.75) is 0 Å². The van der Waals surface area contributed by atoms with Crippen LogP contribution in [-0.4, -0.2) is 10.9 Å². The molecule has 3 aromatic rings. The molecule has 1 heterocycles. The molecule has 0 fully saturated rings. The maximum atomic E-state index is 13.6. The molecule has 2 aromatic carbocycles. The zero-order chi connectivity index (χ0) is 17.1. The Morgan fingerprint density at radius 1 is 1.00 bits per heavy atom. The number of aromatic nitrogens is 1. The van der Waals surface area contributed by atoms with Crippen molar-refractivity contribution in [1.82, 2.24) is 4.98 Å². The predicted molar refractivity (Wildman–Crippen MR) is 84.6 cm³/mol. The van der Waals surface area contributed by atoms with Crippen molar-refractivity contribution >= 4 is 5.91 Å². The van der Waals surface area contributed by atoms with Crippen molar-refractivity contribution in [3.05, 3.63) is 78.0 Å². The highest BCUT2D eigenvalue weighted by molar-refractivity contribution is 5.91. The molecule has 1 amide bonds. The third-order valence-electron chi connectivity index (χ3n) is 3.27. The Labute approximate surface area is 136 Å². The Bertz CT molecular complexity index is 896. The largest absolute Gasteiger partial charge is 0.454 e. The van der Waals surface area contributed by atoms with Gasteiger partial charge in [0.2, 0.25) is 0 Å². The van der Waals surface area contributed by atoms with Crippen molar-refractivity contribution in [3.8, 4) is 22.8 Å². The van der Waals surface area contributed by atoms with Crippen LogP contribution >= 0.6 is 0 Å². The summed E-state index contributed by atoms with van der Waals surface area (Å²) in [7, 11) is 0. The summed E-state index contributed by atoms with van der Waals surface area (Å²) < 4.78 is 31.8. The molecular weight excluding hydrogens is 314 g/mol. The van der Waals surface area contributed by atoms with Crippen LogP contribution in [0.25, 0.3) is 11.3 Å². The van der Waals surface area contributed by atoms with E-state index in [0.29, 0.717) is 11.4 Å². The van der Waals surface area contributed by atoms with Crippen LogP contribution < -0.4 is 10.5 Å². The maximum Gasteiger partial charge on any atom is 0.267 e. The van der Waals surface area contributed by atoms with Gasteiger partial charge in [0.1, 0.15) is 17.3 Å². The molecule has 0 saturated heterocycles. The zero-order valence-corrected chi connectivity index (χ0v) is 12.4. The number of nitrogens with two attached hydrogens (primary N) is 1. The molecule has 0 atom stereocenters. The van der Waals surface area contributed by atoms with Gasteiger partial charge >= 0.3 is 0 Å². The SMILES string of the molecule is NC(=O)c1cccc(-c2ccc(Oc3ccc(F)cc3F)cc2)n1. The molecule has 0 radical (unpaired) electrons. The first-order valence-electron chi connectivity index (χ1n) is 7.03. The van der Waals surface area contributed by atoms with E-state index in [9.17, 15) is 13.6 Å². The second kappa shape index (κ2) is 6.45. The van der Waals surface area contributed by atoms with E-state index in [4.69, 9.17) is 10.5 Å². The number of carbonyl (C=O) groups excluding carboxylic acids is 1. The summed E-state index contributed by atoms with van der Waals surface area (Å²) in [5.74, 6) is -1.75. The van der Waals surface area contributed by atoms with E-state index < -0.39 is 17.5 Å². The molecule has 6 heteroatoms. The highest BCUT2D eigenvalue weighted by Crippen LogP contribution is 2.27. The Morgan fingerprint density at radius 3 is 2.42 bits per heavy atom. The quantitative estimate of drug-likeness (QED) is 0.790. The Morgan fingerprint density at radius 2 is 1.75 bits per heavy atom. The molecule has 0 saturated carbocycles. The first-order valence-corrected chi connectivity index (χ1v) is 7.03. The molecule has 0 spiro atoms. The van der Waals surface area contributed by atoms with Crippen LogP contribution in [0.15, 0.2) is 60.7 Å². The second-order valence-corrected chi connectivity index (χ2v) is 4.97. The van der Waals surface area contributed by atoms with Crippen LogP contribution in [0, 0.1) is 11.6 Å². The van der Waals surface area contributed by atoms with Crippen LogP contribution in [-0.2, 0) is 0 Å². The van der Waals surface area contributed by atoms with Crippen LogP contribution in [0.4, 0.5) is 8.78 Å². The first-order chi connectivity index (χ1) is 11.5. The number of hydrogen-bond acceptors (Lipinski definition) is 3. The van der Waals surface area contributed by atoms with Crippen molar-refractivity contribution < 1.29 is 18.3 Å². The van der Waals surface area contributed by atoms with E-state index in [1.807, 2.05) is 0 Å². The highest BCUT2D eigenvalue weighted by atomic mass is 19.1. The summed E-state index contributed by atoms with van der Waals surface area (Å²) in [6, 6.07) is 14.7. The van der Waals surface area contributed by atoms with E-state index in [1.54, 1.807) is 36.4 Å². The molecule has 24 heavy (non-hydrogen) atoms. The molecule has 0 unspecified atom stereocenters. The van der Waals surface area contributed by atoms with Crippen molar-refractivity contribution in [2.75, 3.05) is 0 Å². The monoisotopic (exact) mass is 326 g/mol. The lowest BCUT2D eigenvalue weighted by molar-refractivity contribution is 0.0995. The summed E-state index contributed by atoms with van der Waals surface area (Å²) in [4.78, 5) is 15.3. The number of nitrogens with zero attached hydrogens (tertiary/aromatic N) is 1. The van der Waals surface area contributed by atoms with E-state index in [0.717, 1.165) is 17.7 Å². The average Bonchev–Trinajstić information content (AvgIpc) is 2.58. The van der Waals surface area contributed by atoms with E-state index >= 15 is 0 Å². The minimum Gasteiger partial charge on any atom is -0.454 e. The number of primary amides is 1. The van der Waals surface area contributed by atoms with Gasteiger partial charge in [-0.25, -0.2) is 13.8 Å². The highest BCUT2D eigenvalue weighted by Gasteiger charge is 2.08. The van der Waals surface area contributed by atoms with Crippen molar-refractivity contribution in [2.24, 2.45) is 5.73 Å². The van der Waals surface area contributed by atoms with Gasteiger partial charge in [-0.3, -0.25) is 4.79 Å². The van der Waals surface area contributed by atoms with Crippen LogP contribution in [0.1, 0.15) is 10.5 Å². The topological polar surface area (TPSA) is 65.2 Å². The van der Waals surface area contributed by atoms with Crippen LogP contribution in [0.2, 0.25) is 0 Å². The summed E-state index contributed by atoms with van der Waals surface area (Å²) in [6.45, 7) is 0. The van der Waals surface area contributed by atoms with Gasteiger partial charge in [-0.05, 0) is 48.5 Å². The number of rotatable bonds is 4. The smallest absolute Gasteiger partial charge is 0.267 e. The fourth-order valence-electron chi connectivity index (χ4n) is 2.11. The molecule has 4 nitrogen and oxygen atoms in total. The Hall–Kier alpha value is -3.28. The fraction of sp³-hybridized carbons (Fsp3) is 0. The summed E-state index contributed by atoms with van der Waals surface area (Å²) >= 11 is 0. The van der Waals surface area contributed by atoms with E-state index in [2.05, 4.69) is 4.98 Å². The first kappa shape index (κ1) is 15.6. The number of pyridine rings is 1. The number of amides is 1. The maximum absolute atomic E-state index is 13.6. The standard InChI is InChI=1S/C18H12F2N2O2/c19-12-6-9-17(14(20)10-12)24-13-7-4-11(5-8-13)15-2-1-3-16(22-15)18(21)23/h1-10H,(H2,21,23). The molecule has 0 aliphatic carbocycles. The lowest BCUT2D eigenvalue weighted by Gasteiger charge is -2.08. The molecule has 1 aromatic heterocycles. The molecule has 0 aliphatic rings. The molecule has 2 N–H and O–H groups in total. The summed E-state index contributed by atoms with van der Waals surface area (Å²) in [5, 5.41) is 0. The minimum absolute atomic E-state index is 0.0713. The Kier molecular flexibility index (Phi) is 4.20. The van der Waals surface area contributed by atoms with Crippen LogP contribution in [0.3, 0.4) is 0 Å². The molecule has 0 bridgehead atoms. The predicted octanol–water partition coefficient (Wildman–Crippen LogP) is 3.92. The normalized spacial score (nSPS) is 10.4. The summed E-state index contributed by atoms with van der Waals surface area (Å²) in [6.07, 6.45) is 0. The minimum atomic E-state index is -0.782. The molecular formula is C18H12F2N2O2. The van der Waals surface area contributed by atoms with Gasteiger partial charge in [-0.15, -0.1) is 0 Å². The number of carbonyl (C=O) groups is 1. The van der Waals surface area contributed by atoms with Gasteiger partial charge < -0.3 is 10.5 Å². The second-order valence-electron chi connectivity index (χ2n) is 4.97. The van der Waals surface area contributed by atoms with Gasteiger partial charge in [0.15, 0.2) is 11.6 Å². The van der Waals surface area contributed by atoms with Crippen LogP contribution in [0.5, 0.6) is 11.5 Å². The third-order valence-corrected chi connectivity index (χ3v) is 3.27. The van der Waals surface area contributed by atoms with Gasteiger partial charge in [0.05, 0.1) is 5.69 Å². The average molecular weight is 326 g/mol. The number of halogens is 2. The zero-order valence-electron chi connectivity index (χ0n) is 12.4. The number of hydrogen-bond donors (Lipinski definition) is 1. The number of benzene rings is 2. The third kappa shape index (κ3) is 3.38. The summed E-state index contributed by atoms with van der Waals surface area (Å²) in [5.41, 5.74) is 6.70. The Balaban J connectivity index is 1.83. The molecule has 0 aliphatic heterocycles. The number of ether oxygens (including phenoxy) is 1. The lowest BCUT2D eigenvalue weighted by atomic mass is 10.1. The molecule has 120 valence electrons. The van der Waals surface area contributed by atoms with Crippen molar-refractivity contribution in [1.29, 1.82) is 0 Å². The van der Waals surface area contributed by atoms with Gasteiger partial charge in [-0.2, -0.15) is 0 Å². The molecule has 3 rings (SSSR count). The lowest BCUT2D eigenvalue weighted by Crippen LogP contribution is -2.12. The van der Waals surface area contributed by atoms with Gasteiger partial charge in [0, 0.05) is 11.6 Å². The van der Waals surface area contributed by atoms with E-state index in [-0.39, 0.29) is 11.4 Å². The van der Waals surface area contributed by atoms with Crippen molar-refractivity contribution in [3.63, 3.8) is 0 Å².